The SMILES string of the molecule is CCCCCOc1cccc(C2c3c(oc4ccc(C)cc4c3=O)C(=O)N2c2ccccc2)c1. The minimum absolute atomic E-state index is 0.101. The molecule has 5 nitrogen and oxygen atoms in total. The van der Waals surface area contributed by atoms with Crippen LogP contribution in [0.15, 0.2) is 82.0 Å². The molecule has 1 atom stereocenters. The zero-order valence-electron chi connectivity index (χ0n) is 19.4. The van der Waals surface area contributed by atoms with Gasteiger partial charge in [0.15, 0.2) is 5.43 Å². The Morgan fingerprint density at radius 3 is 2.56 bits per heavy atom. The molecule has 1 unspecified atom stereocenters. The molecule has 34 heavy (non-hydrogen) atoms. The molecule has 1 aromatic heterocycles. The lowest BCUT2D eigenvalue weighted by Crippen LogP contribution is -2.29. The van der Waals surface area contributed by atoms with Gasteiger partial charge < -0.3 is 9.15 Å². The van der Waals surface area contributed by atoms with Crippen molar-refractivity contribution in [2.24, 2.45) is 0 Å². The number of hydrogen-bond acceptors (Lipinski definition) is 4. The number of fused-ring (bicyclic) bond motifs is 2. The highest BCUT2D eigenvalue weighted by atomic mass is 16.5. The Balaban J connectivity index is 1.67. The van der Waals surface area contributed by atoms with Crippen LogP contribution in [0, 0.1) is 6.92 Å². The van der Waals surface area contributed by atoms with Gasteiger partial charge in [-0.25, -0.2) is 0 Å². The van der Waals surface area contributed by atoms with Crippen molar-refractivity contribution in [3.8, 4) is 5.75 Å². The number of aryl methyl sites for hydroxylation is 1. The average Bonchev–Trinajstić information content (AvgIpc) is 3.15. The molecule has 1 aliphatic rings. The third-order valence-electron chi connectivity index (χ3n) is 6.25. The highest BCUT2D eigenvalue weighted by Gasteiger charge is 2.43. The molecule has 5 heteroatoms. The van der Waals surface area contributed by atoms with Gasteiger partial charge in [0.1, 0.15) is 11.3 Å². The lowest BCUT2D eigenvalue weighted by Gasteiger charge is -2.25. The molecule has 0 spiro atoms. The van der Waals surface area contributed by atoms with Crippen LogP contribution >= 0.6 is 0 Å². The first-order chi connectivity index (χ1) is 16.6. The Kier molecular flexibility index (Phi) is 5.93. The van der Waals surface area contributed by atoms with Gasteiger partial charge in [0.2, 0.25) is 5.76 Å². The fourth-order valence-corrected chi connectivity index (χ4v) is 4.57. The van der Waals surface area contributed by atoms with E-state index in [1.807, 2.05) is 73.7 Å². The summed E-state index contributed by atoms with van der Waals surface area (Å²) in [4.78, 5) is 29.0. The molecular formula is C29H27NO4. The molecule has 0 saturated heterocycles. The second kappa shape index (κ2) is 9.18. The van der Waals surface area contributed by atoms with Gasteiger partial charge in [-0.3, -0.25) is 14.5 Å². The van der Waals surface area contributed by atoms with Crippen molar-refractivity contribution in [1.29, 1.82) is 0 Å². The number of ether oxygens (including phenoxy) is 1. The minimum Gasteiger partial charge on any atom is -0.494 e. The van der Waals surface area contributed by atoms with Crippen LogP contribution in [-0.2, 0) is 0 Å². The van der Waals surface area contributed by atoms with E-state index in [9.17, 15) is 9.59 Å². The Morgan fingerprint density at radius 2 is 1.76 bits per heavy atom. The second-order valence-corrected chi connectivity index (χ2v) is 8.71. The number of benzene rings is 3. The number of carbonyl (C=O) groups is 1. The summed E-state index contributed by atoms with van der Waals surface area (Å²) in [5.74, 6) is 0.507. The zero-order valence-corrected chi connectivity index (χ0v) is 19.4. The summed E-state index contributed by atoms with van der Waals surface area (Å²) in [6.07, 6.45) is 3.22. The maximum atomic E-state index is 13.7. The number of nitrogens with zero attached hydrogens (tertiary/aromatic N) is 1. The van der Waals surface area contributed by atoms with Gasteiger partial charge in [-0.05, 0) is 55.3 Å². The molecule has 1 amide bonds. The van der Waals surface area contributed by atoms with E-state index >= 15 is 0 Å². The molecule has 0 fully saturated rings. The molecule has 1 aliphatic heterocycles. The van der Waals surface area contributed by atoms with Gasteiger partial charge in [0, 0.05) is 5.69 Å². The average molecular weight is 454 g/mol. The normalized spacial score (nSPS) is 15.1. The first kappa shape index (κ1) is 22.0. The Labute approximate surface area is 198 Å². The molecule has 0 N–H and O–H groups in total. The van der Waals surface area contributed by atoms with Gasteiger partial charge in [-0.1, -0.05) is 61.7 Å². The smallest absolute Gasteiger partial charge is 0.295 e. The summed E-state index contributed by atoms with van der Waals surface area (Å²) in [5.41, 5.74) is 3.09. The van der Waals surface area contributed by atoms with E-state index < -0.39 is 6.04 Å². The molecule has 0 saturated carbocycles. The van der Waals surface area contributed by atoms with Crippen LogP contribution in [0.1, 0.15) is 59.5 Å². The molecule has 0 aliphatic carbocycles. The van der Waals surface area contributed by atoms with E-state index in [-0.39, 0.29) is 17.1 Å². The number of para-hydroxylation sites is 1. The van der Waals surface area contributed by atoms with Crippen molar-refractivity contribution in [3.05, 3.63) is 105 Å². The van der Waals surface area contributed by atoms with Gasteiger partial charge in [0.25, 0.3) is 5.91 Å². The molecule has 3 aromatic carbocycles. The number of rotatable bonds is 7. The lowest BCUT2D eigenvalue weighted by molar-refractivity contribution is 0.0971. The maximum absolute atomic E-state index is 13.7. The van der Waals surface area contributed by atoms with Crippen LogP contribution in [-0.4, -0.2) is 12.5 Å². The highest BCUT2D eigenvalue weighted by molar-refractivity contribution is 6.10. The summed E-state index contributed by atoms with van der Waals surface area (Å²) < 4.78 is 12.0. The minimum atomic E-state index is -0.606. The van der Waals surface area contributed by atoms with Crippen molar-refractivity contribution >= 4 is 22.6 Å². The van der Waals surface area contributed by atoms with Crippen molar-refractivity contribution in [2.45, 2.75) is 39.2 Å². The van der Waals surface area contributed by atoms with E-state index in [0.29, 0.717) is 28.8 Å². The van der Waals surface area contributed by atoms with Crippen LogP contribution in [0.5, 0.6) is 5.75 Å². The van der Waals surface area contributed by atoms with Crippen LogP contribution in [0.3, 0.4) is 0 Å². The quantitative estimate of drug-likeness (QED) is 0.303. The number of amides is 1. The van der Waals surface area contributed by atoms with E-state index in [1.165, 1.54) is 0 Å². The largest absolute Gasteiger partial charge is 0.494 e. The standard InChI is InChI=1S/C29H27NO4/c1-3-4-8-16-33-22-13-9-10-20(18-22)26-25-27(31)23-17-19(2)14-15-24(23)34-28(25)29(32)30(26)21-11-6-5-7-12-21/h5-7,9-15,17-18,26H,3-4,8,16H2,1-2H3. The molecule has 0 bridgehead atoms. The van der Waals surface area contributed by atoms with E-state index in [1.54, 1.807) is 11.0 Å². The van der Waals surface area contributed by atoms with Crippen molar-refractivity contribution in [2.75, 3.05) is 11.5 Å². The van der Waals surface area contributed by atoms with Crippen LogP contribution in [0.2, 0.25) is 0 Å². The zero-order chi connectivity index (χ0) is 23.7. The first-order valence-electron chi connectivity index (χ1n) is 11.8. The van der Waals surface area contributed by atoms with Crippen molar-refractivity contribution in [1.82, 2.24) is 0 Å². The maximum Gasteiger partial charge on any atom is 0.295 e. The topological polar surface area (TPSA) is 59.8 Å². The molecule has 172 valence electrons. The van der Waals surface area contributed by atoms with Gasteiger partial charge in [-0.2, -0.15) is 0 Å². The monoisotopic (exact) mass is 453 g/mol. The Bertz CT molecular complexity index is 1410. The third kappa shape index (κ3) is 3.87. The number of hydrogen-bond donors (Lipinski definition) is 0. The summed E-state index contributed by atoms with van der Waals surface area (Å²) in [6.45, 7) is 4.72. The summed E-state index contributed by atoms with van der Waals surface area (Å²) in [5, 5.41) is 0.485. The fraction of sp³-hybridized carbons (Fsp3) is 0.241. The van der Waals surface area contributed by atoms with Crippen molar-refractivity contribution < 1.29 is 13.9 Å². The number of anilines is 1. The van der Waals surface area contributed by atoms with Gasteiger partial charge in [0.05, 0.1) is 23.6 Å². The summed E-state index contributed by atoms with van der Waals surface area (Å²) in [7, 11) is 0. The number of carbonyl (C=O) groups excluding carboxylic acids is 1. The molecular weight excluding hydrogens is 426 g/mol. The molecule has 2 heterocycles. The predicted octanol–water partition coefficient (Wildman–Crippen LogP) is 6.42. The van der Waals surface area contributed by atoms with Crippen LogP contribution in [0.4, 0.5) is 5.69 Å². The fourth-order valence-electron chi connectivity index (χ4n) is 4.57. The third-order valence-corrected chi connectivity index (χ3v) is 6.25. The molecule has 4 aromatic rings. The van der Waals surface area contributed by atoms with Crippen molar-refractivity contribution in [3.63, 3.8) is 0 Å². The molecule has 0 radical (unpaired) electrons. The van der Waals surface area contributed by atoms with Crippen LogP contribution < -0.4 is 15.1 Å². The Hall–Kier alpha value is -3.86. The lowest BCUT2D eigenvalue weighted by atomic mass is 9.97. The summed E-state index contributed by atoms with van der Waals surface area (Å²) >= 11 is 0. The second-order valence-electron chi connectivity index (χ2n) is 8.71. The van der Waals surface area contributed by atoms with E-state index in [4.69, 9.17) is 9.15 Å². The van der Waals surface area contributed by atoms with E-state index in [2.05, 4.69) is 6.92 Å². The summed E-state index contributed by atoms with van der Waals surface area (Å²) in [6, 6.07) is 21.9. The predicted molar refractivity (Wildman–Crippen MR) is 134 cm³/mol. The number of unbranched alkanes of at least 4 members (excludes halogenated alkanes) is 2. The van der Waals surface area contributed by atoms with Gasteiger partial charge in [-0.15, -0.1) is 0 Å². The highest BCUT2D eigenvalue weighted by Crippen LogP contribution is 2.41. The van der Waals surface area contributed by atoms with E-state index in [0.717, 1.165) is 36.1 Å². The molecule has 5 rings (SSSR count). The Morgan fingerprint density at radius 1 is 0.941 bits per heavy atom. The van der Waals surface area contributed by atoms with Crippen LogP contribution in [0.25, 0.3) is 11.0 Å². The first-order valence-corrected chi connectivity index (χ1v) is 11.8. The van der Waals surface area contributed by atoms with Gasteiger partial charge >= 0.3 is 0 Å².